The first-order valence-corrected chi connectivity index (χ1v) is 3.72. The normalized spacial score (nSPS) is 9.89. The van der Waals surface area contributed by atoms with Gasteiger partial charge in [0.1, 0.15) is 12.4 Å². The second kappa shape index (κ2) is 3.53. The number of nitrogens with zero attached hydrogens (tertiary/aromatic N) is 1. The highest BCUT2D eigenvalue weighted by Crippen LogP contribution is 1.99. The number of nitrogens with one attached hydrogen (secondary N) is 1. The number of imidazole rings is 1. The van der Waals surface area contributed by atoms with Gasteiger partial charge in [0.2, 0.25) is 0 Å². The predicted molar refractivity (Wildman–Crippen MR) is 36.9 cm³/mol. The van der Waals surface area contributed by atoms with Crippen molar-refractivity contribution >= 4 is 12.0 Å². The molecule has 0 aliphatic heterocycles. The molecule has 0 radical (unpaired) electrons. The van der Waals surface area contributed by atoms with Crippen molar-refractivity contribution in [3.8, 4) is 0 Å². The Morgan fingerprint density at radius 2 is 2.78 bits per heavy atom. The molecule has 4 heteroatoms. The Morgan fingerprint density at radius 1 is 1.89 bits per heavy atom. The van der Waals surface area contributed by atoms with E-state index < -0.39 is 0 Å². The smallest absolute Gasteiger partial charge is 0.133 e. The maximum atomic E-state index is 5.00. The quantitative estimate of drug-likeness (QED) is 0.648. The molecule has 0 saturated heterocycles. The van der Waals surface area contributed by atoms with E-state index in [4.69, 9.17) is 4.18 Å². The summed E-state index contributed by atoms with van der Waals surface area (Å²) in [5.41, 5.74) is 0. The van der Waals surface area contributed by atoms with E-state index in [0.717, 1.165) is 5.82 Å². The van der Waals surface area contributed by atoms with Crippen LogP contribution < -0.4 is 0 Å². The van der Waals surface area contributed by atoms with Gasteiger partial charge in [0.25, 0.3) is 0 Å². The summed E-state index contributed by atoms with van der Waals surface area (Å²) in [5, 5.41) is 0. The molecule has 0 aromatic carbocycles. The van der Waals surface area contributed by atoms with Crippen molar-refractivity contribution in [1.82, 2.24) is 9.97 Å². The lowest BCUT2D eigenvalue weighted by atomic mass is 10.7. The molecular formula is C5H8N2OS. The van der Waals surface area contributed by atoms with Gasteiger partial charge in [0.05, 0.1) is 0 Å². The number of H-pyrrole nitrogens is 1. The fourth-order valence-electron chi connectivity index (χ4n) is 0.492. The Labute approximate surface area is 58.0 Å². The lowest BCUT2D eigenvalue weighted by molar-refractivity contribution is 0.354. The molecule has 3 nitrogen and oxygen atoms in total. The van der Waals surface area contributed by atoms with Crippen molar-refractivity contribution in [3.63, 3.8) is 0 Å². The van der Waals surface area contributed by atoms with Gasteiger partial charge in [-0.2, -0.15) is 0 Å². The minimum Gasteiger partial charge on any atom is -0.347 e. The van der Waals surface area contributed by atoms with Crippen LogP contribution in [0.5, 0.6) is 0 Å². The molecule has 1 aromatic heterocycles. The fraction of sp³-hybridized carbons (Fsp3) is 0.400. The van der Waals surface area contributed by atoms with Crippen LogP contribution in [-0.4, -0.2) is 16.2 Å². The van der Waals surface area contributed by atoms with E-state index in [1.165, 1.54) is 12.0 Å². The molecule has 0 saturated carbocycles. The van der Waals surface area contributed by atoms with Crippen LogP contribution in [0.25, 0.3) is 0 Å². The lowest BCUT2D eigenvalue weighted by Crippen LogP contribution is -1.86. The summed E-state index contributed by atoms with van der Waals surface area (Å²) in [6.45, 7) is 0.550. The summed E-state index contributed by atoms with van der Waals surface area (Å²) < 4.78 is 5.00. The molecule has 0 amide bonds. The van der Waals surface area contributed by atoms with E-state index >= 15 is 0 Å². The minimum absolute atomic E-state index is 0.550. The zero-order valence-electron chi connectivity index (χ0n) is 5.13. The van der Waals surface area contributed by atoms with Crippen molar-refractivity contribution in [3.05, 3.63) is 18.2 Å². The summed E-state index contributed by atoms with van der Waals surface area (Å²) in [6, 6.07) is 0. The number of aromatic amines is 1. The standard InChI is InChI=1S/C5H8N2OS/c1-9-8-4-5-6-2-3-7-5/h2-3H,4H2,1H3,(H,6,7). The van der Waals surface area contributed by atoms with Crippen molar-refractivity contribution in [1.29, 1.82) is 0 Å². The van der Waals surface area contributed by atoms with Gasteiger partial charge in [-0.15, -0.1) is 0 Å². The first-order chi connectivity index (χ1) is 4.43. The zero-order chi connectivity index (χ0) is 6.53. The van der Waals surface area contributed by atoms with Crippen molar-refractivity contribution in [2.75, 3.05) is 6.26 Å². The average molecular weight is 144 g/mol. The van der Waals surface area contributed by atoms with Crippen molar-refractivity contribution < 1.29 is 4.18 Å². The number of hydrogen-bond acceptors (Lipinski definition) is 3. The third kappa shape index (κ3) is 2.07. The van der Waals surface area contributed by atoms with Crippen LogP contribution in [0.3, 0.4) is 0 Å². The predicted octanol–water partition coefficient (Wildman–Crippen LogP) is 1.20. The Kier molecular flexibility index (Phi) is 2.60. The van der Waals surface area contributed by atoms with Crippen LogP contribution in [0.4, 0.5) is 0 Å². The Bertz CT molecular complexity index is 152. The first-order valence-electron chi connectivity index (χ1n) is 2.57. The van der Waals surface area contributed by atoms with Gasteiger partial charge in [-0.05, 0) is 12.0 Å². The summed E-state index contributed by atoms with van der Waals surface area (Å²) in [7, 11) is 0. The molecule has 0 bridgehead atoms. The second-order valence-electron chi connectivity index (χ2n) is 1.46. The highest BCUT2D eigenvalue weighted by molar-refractivity contribution is 7.93. The maximum absolute atomic E-state index is 5.00. The van der Waals surface area contributed by atoms with Crippen LogP contribution in [-0.2, 0) is 10.8 Å². The summed E-state index contributed by atoms with van der Waals surface area (Å²) >= 11 is 1.34. The SMILES string of the molecule is CSOCc1ncc[nH]1. The average Bonchev–Trinajstić information content (AvgIpc) is 2.34. The number of aromatic nitrogens is 2. The van der Waals surface area contributed by atoms with Crippen molar-refractivity contribution in [2.24, 2.45) is 0 Å². The van der Waals surface area contributed by atoms with Crippen LogP contribution in [0, 0.1) is 0 Å². The van der Waals surface area contributed by atoms with Crippen LogP contribution in [0.1, 0.15) is 5.82 Å². The minimum atomic E-state index is 0.550. The molecule has 1 N–H and O–H groups in total. The Morgan fingerprint density at radius 3 is 3.33 bits per heavy atom. The van der Waals surface area contributed by atoms with Crippen LogP contribution in [0.2, 0.25) is 0 Å². The van der Waals surface area contributed by atoms with Gasteiger partial charge in [-0.1, -0.05) is 0 Å². The van der Waals surface area contributed by atoms with E-state index in [1.54, 1.807) is 12.4 Å². The lowest BCUT2D eigenvalue weighted by Gasteiger charge is -1.92. The third-order valence-corrected chi connectivity index (χ3v) is 1.22. The summed E-state index contributed by atoms with van der Waals surface area (Å²) in [6.07, 6.45) is 5.36. The molecule has 1 aromatic rings. The molecule has 0 aliphatic rings. The van der Waals surface area contributed by atoms with Crippen molar-refractivity contribution in [2.45, 2.75) is 6.61 Å². The number of hydrogen-bond donors (Lipinski definition) is 1. The Balaban J connectivity index is 2.30. The first kappa shape index (κ1) is 6.64. The van der Waals surface area contributed by atoms with Gasteiger partial charge in [-0.3, -0.25) is 0 Å². The third-order valence-electron chi connectivity index (χ3n) is 0.868. The molecule has 0 aliphatic carbocycles. The van der Waals surface area contributed by atoms with Gasteiger partial charge in [0.15, 0.2) is 0 Å². The van der Waals surface area contributed by atoms with Crippen LogP contribution >= 0.6 is 12.0 Å². The monoisotopic (exact) mass is 144 g/mol. The topological polar surface area (TPSA) is 37.9 Å². The molecule has 9 heavy (non-hydrogen) atoms. The molecule has 1 heterocycles. The van der Waals surface area contributed by atoms with Gasteiger partial charge >= 0.3 is 0 Å². The molecule has 50 valence electrons. The second-order valence-corrected chi connectivity index (χ2v) is 2.03. The van der Waals surface area contributed by atoms with E-state index in [9.17, 15) is 0 Å². The van der Waals surface area contributed by atoms with E-state index in [2.05, 4.69) is 9.97 Å². The molecule has 0 atom stereocenters. The molecule has 0 fully saturated rings. The van der Waals surface area contributed by atoms with E-state index in [0.29, 0.717) is 6.61 Å². The summed E-state index contributed by atoms with van der Waals surface area (Å²) in [4.78, 5) is 6.88. The molecule has 1 rings (SSSR count). The largest absolute Gasteiger partial charge is 0.347 e. The Hall–Kier alpha value is -0.480. The number of rotatable bonds is 3. The highest BCUT2D eigenvalue weighted by Gasteiger charge is 1.90. The highest BCUT2D eigenvalue weighted by atomic mass is 32.2. The van der Waals surface area contributed by atoms with Gasteiger partial charge < -0.3 is 9.17 Å². The molecular weight excluding hydrogens is 136 g/mol. The molecule has 0 unspecified atom stereocenters. The van der Waals surface area contributed by atoms with Gasteiger partial charge in [-0.25, -0.2) is 4.98 Å². The van der Waals surface area contributed by atoms with Crippen LogP contribution in [0.15, 0.2) is 12.4 Å². The summed E-state index contributed by atoms with van der Waals surface area (Å²) in [5.74, 6) is 0.865. The van der Waals surface area contributed by atoms with E-state index in [1.807, 2.05) is 6.26 Å². The fourth-order valence-corrected chi connectivity index (χ4v) is 0.721. The van der Waals surface area contributed by atoms with Gasteiger partial charge in [0, 0.05) is 18.6 Å². The maximum Gasteiger partial charge on any atom is 0.133 e. The van der Waals surface area contributed by atoms with E-state index in [-0.39, 0.29) is 0 Å². The zero-order valence-corrected chi connectivity index (χ0v) is 5.94. The molecule has 0 spiro atoms.